The highest BCUT2D eigenvalue weighted by atomic mass is 16.6. The van der Waals surface area contributed by atoms with E-state index >= 15 is 0 Å². The number of carbonyl (C=O) groups is 2. The lowest BCUT2D eigenvalue weighted by Crippen LogP contribution is -2.49. The normalized spacial score (nSPS) is 12.6. The number of benzene rings is 2. The van der Waals surface area contributed by atoms with Gasteiger partial charge in [0.05, 0.1) is 11.0 Å². The summed E-state index contributed by atoms with van der Waals surface area (Å²) in [7, 11) is 1.97. The lowest BCUT2D eigenvalue weighted by atomic mass is 10.0. The van der Waals surface area contributed by atoms with E-state index in [1.54, 1.807) is 20.8 Å². The van der Waals surface area contributed by atoms with Gasteiger partial charge in [0.1, 0.15) is 17.5 Å². The summed E-state index contributed by atoms with van der Waals surface area (Å²) in [6, 6.07) is 15.0. The third-order valence-electron chi connectivity index (χ3n) is 5.51. The molecular formula is C26H31N5O3. The van der Waals surface area contributed by atoms with Gasteiger partial charge in [-0.25, -0.2) is 9.78 Å². The highest BCUT2D eigenvalue weighted by Gasteiger charge is 2.25. The minimum absolute atomic E-state index is 0.269. The summed E-state index contributed by atoms with van der Waals surface area (Å²) >= 11 is 0. The molecule has 0 fully saturated rings. The highest BCUT2D eigenvalue weighted by Crippen LogP contribution is 2.22. The van der Waals surface area contributed by atoms with Crippen molar-refractivity contribution in [3.63, 3.8) is 0 Å². The second kappa shape index (κ2) is 9.59. The standard InChI is InChI=1S/C26H31N5O3/c1-26(2,3)34-25(33)30-21(15-17-16-31(4)22-12-8-5-9-18(17)22)24(32)27-14-13-23-28-19-10-6-7-11-20(19)29-23/h5-12,16,21H,13-15H2,1-4H3,(H,27,32)(H,28,29)(H,30,33)/t21-/m1/s1. The fourth-order valence-corrected chi connectivity index (χ4v) is 4.02. The number of hydrogen-bond donors (Lipinski definition) is 3. The predicted molar refractivity (Wildman–Crippen MR) is 133 cm³/mol. The van der Waals surface area contributed by atoms with E-state index in [1.165, 1.54) is 0 Å². The van der Waals surface area contributed by atoms with Crippen LogP contribution in [-0.4, -0.2) is 44.7 Å². The maximum absolute atomic E-state index is 13.1. The number of fused-ring (bicyclic) bond motifs is 2. The van der Waals surface area contributed by atoms with Gasteiger partial charge in [0.2, 0.25) is 5.91 Å². The molecule has 0 unspecified atom stereocenters. The van der Waals surface area contributed by atoms with Gasteiger partial charge in [-0.2, -0.15) is 0 Å². The van der Waals surface area contributed by atoms with Gasteiger partial charge in [0.15, 0.2) is 0 Å². The Hall–Kier alpha value is -3.81. The third kappa shape index (κ3) is 5.57. The van der Waals surface area contributed by atoms with E-state index in [2.05, 4.69) is 20.6 Å². The Kier molecular flexibility index (Phi) is 6.58. The summed E-state index contributed by atoms with van der Waals surface area (Å²) in [5.74, 6) is 0.530. The molecular weight excluding hydrogens is 430 g/mol. The van der Waals surface area contributed by atoms with Gasteiger partial charge in [-0.15, -0.1) is 0 Å². The van der Waals surface area contributed by atoms with Crippen LogP contribution in [0.4, 0.5) is 4.79 Å². The molecule has 0 spiro atoms. The zero-order valence-corrected chi connectivity index (χ0v) is 20.0. The average Bonchev–Trinajstić information content (AvgIpc) is 3.32. The van der Waals surface area contributed by atoms with Crippen LogP contribution in [0.1, 0.15) is 32.2 Å². The summed E-state index contributed by atoms with van der Waals surface area (Å²) in [4.78, 5) is 33.4. The second-order valence-corrected chi connectivity index (χ2v) is 9.43. The number of ether oxygens (including phenoxy) is 1. The van der Waals surface area contributed by atoms with Gasteiger partial charge in [-0.05, 0) is 44.5 Å². The zero-order valence-electron chi connectivity index (χ0n) is 20.0. The van der Waals surface area contributed by atoms with Gasteiger partial charge >= 0.3 is 6.09 Å². The quantitative estimate of drug-likeness (QED) is 0.389. The Bertz CT molecular complexity index is 1280. The summed E-state index contributed by atoms with van der Waals surface area (Å²) in [5, 5.41) is 6.75. The number of amides is 2. The molecule has 2 heterocycles. The molecule has 8 nitrogen and oxygen atoms in total. The number of hydrogen-bond acceptors (Lipinski definition) is 4. The molecule has 4 aromatic rings. The summed E-state index contributed by atoms with van der Waals surface area (Å²) < 4.78 is 7.43. The summed E-state index contributed by atoms with van der Waals surface area (Å²) in [5.41, 5.74) is 3.24. The van der Waals surface area contributed by atoms with Crippen LogP contribution in [0.3, 0.4) is 0 Å². The molecule has 178 valence electrons. The minimum atomic E-state index is -0.781. The molecule has 2 aromatic carbocycles. The van der Waals surface area contributed by atoms with Crippen molar-refractivity contribution in [2.75, 3.05) is 6.54 Å². The number of aryl methyl sites for hydroxylation is 1. The largest absolute Gasteiger partial charge is 0.444 e. The van der Waals surface area contributed by atoms with Crippen molar-refractivity contribution in [1.29, 1.82) is 0 Å². The van der Waals surface area contributed by atoms with Crippen molar-refractivity contribution in [3.8, 4) is 0 Å². The Morgan fingerprint density at radius 2 is 1.85 bits per heavy atom. The van der Waals surface area contributed by atoms with E-state index in [1.807, 2.05) is 66.3 Å². The summed E-state index contributed by atoms with van der Waals surface area (Å²) in [6.07, 6.45) is 2.27. The Labute approximate surface area is 198 Å². The van der Waals surface area contributed by atoms with Crippen LogP contribution in [-0.2, 0) is 29.4 Å². The molecule has 3 N–H and O–H groups in total. The van der Waals surface area contributed by atoms with Gasteiger partial charge in [0, 0.05) is 43.5 Å². The first-order valence-corrected chi connectivity index (χ1v) is 11.4. The Morgan fingerprint density at radius 3 is 2.62 bits per heavy atom. The molecule has 0 saturated heterocycles. The number of alkyl carbamates (subject to hydrolysis) is 1. The van der Waals surface area contributed by atoms with Crippen LogP contribution < -0.4 is 10.6 Å². The molecule has 2 aromatic heterocycles. The van der Waals surface area contributed by atoms with Gasteiger partial charge in [-0.3, -0.25) is 4.79 Å². The van der Waals surface area contributed by atoms with Crippen LogP contribution in [0.5, 0.6) is 0 Å². The molecule has 0 radical (unpaired) electrons. The molecule has 0 aliphatic heterocycles. The SMILES string of the molecule is Cn1cc(C[C@@H](NC(=O)OC(C)(C)C)C(=O)NCCc2nc3ccccc3[nH]2)c2ccccc21. The Morgan fingerprint density at radius 1 is 1.12 bits per heavy atom. The molecule has 0 saturated carbocycles. The number of para-hydroxylation sites is 3. The number of aromatic nitrogens is 3. The van der Waals surface area contributed by atoms with Gasteiger partial charge in [-0.1, -0.05) is 30.3 Å². The van der Waals surface area contributed by atoms with E-state index in [0.29, 0.717) is 19.4 Å². The van der Waals surface area contributed by atoms with E-state index in [4.69, 9.17) is 4.74 Å². The highest BCUT2D eigenvalue weighted by molar-refractivity contribution is 5.88. The second-order valence-electron chi connectivity index (χ2n) is 9.43. The number of H-pyrrole nitrogens is 1. The number of aromatic amines is 1. The van der Waals surface area contributed by atoms with Crippen molar-refractivity contribution in [2.24, 2.45) is 7.05 Å². The molecule has 34 heavy (non-hydrogen) atoms. The molecule has 0 aliphatic rings. The molecule has 0 aliphatic carbocycles. The monoisotopic (exact) mass is 461 g/mol. The first-order chi connectivity index (χ1) is 16.2. The zero-order chi connectivity index (χ0) is 24.3. The Balaban J connectivity index is 1.46. The van der Waals surface area contributed by atoms with Crippen LogP contribution in [0.2, 0.25) is 0 Å². The smallest absolute Gasteiger partial charge is 0.408 e. The number of nitrogens with zero attached hydrogens (tertiary/aromatic N) is 2. The maximum Gasteiger partial charge on any atom is 0.408 e. The number of carbonyl (C=O) groups excluding carboxylic acids is 2. The fourth-order valence-electron chi connectivity index (χ4n) is 4.02. The van der Waals surface area contributed by atoms with Gasteiger partial charge in [0.25, 0.3) is 0 Å². The van der Waals surface area contributed by atoms with Crippen LogP contribution >= 0.6 is 0 Å². The lowest BCUT2D eigenvalue weighted by Gasteiger charge is -2.23. The van der Waals surface area contributed by atoms with Gasteiger partial charge < -0.3 is 24.9 Å². The summed E-state index contributed by atoms with van der Waals surface area (Å²) in [6.45, 7) is 5.76. The topological polar surface area (TPSA) is 101 Å². The van der Waals surface area contributed by atoms with Crippen LogP contribution in [0.15, 0.2) is 54.7 Å². The number of imidazole rings is 1. The van der Waals surface area contributed by atoms with Crippen molar-refractivity contribution in [1.82, 2.24) is 25.2 Å². The van der Waals surface area contributed by atoms with Crippen LogP contribution in [0.25, 0.3) is 21.9 Å². The number of nitrogens with one attached hydrogen (secondary N) is 3. The molecule has 1 atom stereocenters. The molecule has 8 heteroatoms. The average molecular weight is 462 g/mol. The van der Waals surface area contributed by atoms with Crippen molar-refractivity contribution >= 4 is 33.9 Å². The lowest BCUT2D eigenvalue weighted by molar-refractivity contribution is -0.123. The van der Waals surface area contributed by atoms with E-state index < -0.39 is 17.7 Å². The first-order valence-electron chi connectivity index (χ1n) is 11.4. The van der Waals surface area contributed by atoms with E-state index in [9.17, 15) is 9.59 Å². The van der Waals surface area contributed by atoms with E-state index in [-0.39, 0.29) is 5.91 Å². The number of rotatable bonds is 7. The minimum Gasteiger partial charge on any atom is -0.444 e. The molecule has 2 amide bonds. The van der Waals surface area contributed by atoms with E-state index in [0.717, 1.165) is 33.3 Å². The fraction of sp³-hybridized carbons (Fsp3) is 0.346. The first kappa shape index (κ1) is 23.4. The maximum atomic E-state index is 13.1. The predicted octanol–water partition coefficient (Wildman–Crippen LogP) is 3.85. The third-order valence-corrected chi connectivity index (χ3v) is 5.51. The van der Waals surface area contributed by atoms with Crippen molar-refractivity contribution in [3.05, 3.63) is 66.1 Å². The van der Waals surface area contributed by atoms with Crippen molar-refractivity contribution in [2.45, 2.75) is 45.3 Å². The van der Waals surface area contributed by atoms with Crippen molar-refractivity contribution < 1.29 is 14.3 Å². The molecule has 4 rings (SSSR count). The van der Waals surface area contributed by atoms with Crippen LogP contribution in [0, 0.1) is 0 Å². The molecule has 0 bridgehead atoms.